The number of hydrogen-bond acceptors (Lipinski definition) is 2. The molecule has 1 unspecified atom stereocenters. The Balaban J connectivity index is 2.32. The predicted octanol–water partition coefficient (Wildman–Crippen LogP) is 3.00. The third-order valence-electron chi connectivity index (χ3n) is 4.31. The van der Waals surface area contributed by atoms with Crippen molar-refractivity contribution in [2.24, 2.45) is 11.3 Å². The van der Waals surface area contributed by atoms with Crippen LogP contribution in [0.1, 0.15) is 45.4 Å². The fourth-order valence-electron chi connectivity index (χ4n) is 3.04. The van der Waals surface area contributed by atoms with Crippen LogP contribution in [0.4, 0.5) is 0 Å². The van der Waals surface area contributed by atoms with Gasteiger partial charge in [-0.15, -0.1) is 0 Å². The summed E-state index contributed by atoms with van der Waals surface area (Å²) in [4.78, 5) is 22.7. The highest BCUT2D eigenvalue weighted by Gasteiger charge is 2.38. The van der Waals surface area contributed by atoms with E-state index in [1.807, 2.05) is 0 Å². The van der Waals surface area contributed by atoms with Crippen LogP contribution in [0.5, 0.6) is 0 Å². The van der Waals surface area contributed by atoms with Crippen LogP contribution < -0.4 is 0 Å². The van der Waals surface area contributed by atoms with Crippen molar-refractivity contribution < 1.29 is 19.8 Å². The van der Waals surface area contributed by atoms with Gasteiger partial charge in [0.05, 0.1) is 5.41 Å². The first-order valence-electron chi connectivity index (χ1n) is 6.83. The third kappa shape index (κ3) is 2.72. The van der Waals surface area contributed by atoms with Gasteiger partial charge >= 0.3 is 11.9 Å². The Hall–Kier alpha value is -1.58. The van der Waals surface area contributed by atoms with Gasteiger partial charge < -0.3 is 10.2 Å². The van der Waals surface area contributed by atoms with E-state index in [1.165, 1.54) is 6.42 Å². The molecule has 2 N–H and O–H groups in total. The summed E-state index contributed by atoms with van der Waals surface area (Å²) >= 11 is 0. The summed E-state index contributed by atoms with van der Waals surface area (Å²) in [5.41, 5.74) is 0.0523. The Morgan fingerprint density at radius 3 is 2.37 bits per heavy atom. The van der Waals surface area contributed by atoms with E-state index < -0.39 is 17.4 Å². The molecule has 1 atom stereocenters. The highest BCUT2D eigenvalue weighted by molar-refractivity contribution is 5.91. The van der Waals surface area contributed by atoms with Gasteiger partial charge in [-0.3, -0.25) is 4.79 Å². The summed E-state index contributed by atoms with van der Waals surface area (Å²) in [6.07, 6.45) is 8.99. The second kappa shape index (κ2) is 5.19. The first kappa shape index (κ1) is 13.8. The van der Waals surface area contributed by atoms with E-state index >= 15 is 0 Å². The first-order valence-corrected chi connectivity index (χ1v) is 6.83. The Morgan fingerprint density at radius 1 is 1.21 bits per heavy atom. The molecule has 0 heterocycles. The number of carboxylic acids is 2. The van der Waals surface area contributed by atoms with Crippen LogP contribution >= 0.6 is 0 Å². The van der Waals surface area contributed by atoms with E-state index in [2.05, 4.69) is 0 Å². The molecule has 0 saturated heterocycles. The Kier molecular flexibility index (Phi) is 3.78. The lowest BCUT2D eigenvalue weighted by atomic mass is 9.72. The van der Waals surface area contributed by atoms with Crippen LogP contribution in [0, 0.1) is 11.3 Å². The average Bonchev–Trinajstić information content (AvgIpc) is 2.39. The van der Waals surface area contributed by atoms with E-state index in [1.54, 1.807) is 19.1 Å². The van der Waals surface area contributed by atoms with Crippen molar-refractivity contribution in [3.8, 4) is 0 Å². The van der Waals surface area contributed by atoms with Crippen LogP contribution in [0.2, 0.25) is 0 Å². The molecule has 2 rings (SSSR count). The van der Waals surface area contributed by atoms with Gasteiger partial charge in [0.15, 0.2) is 0 Å². The Bertz CT molecular complexity index is 455. The van der Waals surface area contributed by atoms with Crippen molar-refractivity contribution >= 4 is 11.9 Å². The minimum atomic E-state index is -1.09. The molecule has 2 aliphatic rings. The lowest BCUT2D eigenvalue weighted by Crippen LogP contribution is -2.31. The van der Waals surface area contributed by atoms with Gasteiger partial charge in [0.2, 0.25) is 0 Å². The monoisotopic (exact) mass is 264 g/mol. The number of hydrogen-bond donors (Lipinski definition) is 2. The summed E-state index contributed by atoms with van der Waals surface area (Å²) in [6, 6.07) is 0. The molecule has 1 saturated carbocycles. The van der Waals surface area contributed by atoms with Crippen LogP contribution in [0.15, 0.2) is 23.3 Å². The van der Waals surface area contributed by atoms with Gasteiger partial charge in [0.25, 0.3) is 0 Å². The molecule has 2 aliphatic carbocycles. The highest BCUT2D eigenvalue weighted by atomic mass is 16.4. The smallest absolute Gasteiger partial charge is 0.331 e. The third-order valence-corrected chi connectivity index (χ3v) is 4.31. The summed E-state index contributed by atoms with van der Waals surface area (Å²) < 4.78 is 0. The molecule has 0 amide bonds. The van der Waals surface area contributed by atoms with Gasteiger partial charge in [0, 0.05) is 5.57 Å². The number of rotatable bonds is 3. The molecule has 4 heteroatoms. The minimum absolute atomic E-state index is 0.0833. The molecular formula is C15H20O4. The number of carbonyl (C=O) groups is 2. The number of allylic oxidation sites excluding steroid dienone is 2. The topological polar surface area (TPSA) is 74.6 Å². The van der Waals surface area contributed by atoms with Crippen LogP contribution in [-0.4, -0.2) is 22.2 Å². The second-order valence-corrected chi connectivity index (χ2v) is 5.81. The Morgan fingerprint density at radius 2 is 1.84 bits per heavy atom. The van der Waals surface area contributed by atoms with E-state index in [4.69, 9.17) is 0 Å². The maximum atomic E-state index is 11.4. The maximum absolute atomic E-state index is 11.4. The number of aliphatic carboxylic acids is 2. The molecule has 1 fully saturated rings. The predicted molar refractivity (Wildman–Crippen MR) is 70.7 cm³/mol. The minimum Gasteiger partial charge on any atom is -0.481 e. The van der Waals surface area contributed by atoms with Crippen molar-refractivity contribution in [3.05, 3.63) is 23.3 Å². The summed E-state index contributed by atoms with van der Waals surface area (Å²) in [6.45, 7) is 1.58. The quantitative estimate of drug-likeness (QED) is 0.821. The van der Waals surface area contributed by atoms with Gasteiger partial charge in [-0.2, -0.15) is 0 Å². The van der Waals surface area contributed by atoms with Gasteiger partial charge in [-0.05, 0) is 37.7 Å². The van der Waals surface area contributed by atoms with E-state index in [9.17, 15) is 19.8 Å². The molecule has 0 aromatic carbocycles. The van der Waals surface area contributed by atoms with E-state index in [0.29, 0.717) is 5.57 Å². The molecule has 19 heavy (non-hydrogen) atoms. The van der Waals surface area contributed by atoms with Crippen molar-refractivity contribution in [1.82, 2.24) is 0 Å². The fourth-order valence-corrected chi connectivity index (χ4v) is 3.04. The molecule has 0 aromatic rings. The molecule has 0 aliphatic heterocycles. The van der Waals surface area contributed by atoms with Crippen molar-refractivity contribution in [2.75, 3.05) is 0 Å². The zero-order valence-electron chi connectivity index (χ0n) is 11.2. The van der Waals surface area contributed by atoms with Crippen molar-refractivity contribution in [3.63, 3.8) is 0 Å². The Labute approximate surface area is 112 Å². The standard InChI is InChI=1S/C15H20O4/c1-15(14(18)19)8-7-11(12(9-15)13(16)17)10-5-3-2-4-6-10/h7-8,10H,2-6,9H2,1H3,(H,16,17)(H,18,19). The van der Waals surface area contributed by atoms with Gasteiger partial charge in [-0.25, -0.2) is 4.79 Å². The SMILES string of the molecule is CC1(C(=O)O)C=CC(C2CCCCC2)=C(C(=O)O)C1. The second-order valence-electron chi connectivity index (χ2n) is 5.81. The van der Waals surface area contributed by atoms with Crippen molar-refractivity contribution in [2.45, 2.75) is 45.4 Å². The van der Waals surface area contributed by atoms with Gasteiger partial charge in [0.1, 0.15) is 0 Å². The van der Waals surface area contributed by atoms with E-state index in [-0.39, 0.29) is 12.3 Å². The molecule has 0 bridgehead atoms. The zero-order valence-corrected chi connectivity index (χ0v) is 11.2. The molecule has 0 spiro atoms. The summed E-state index contributed by atoms with van der Waals surface area (Å²) in [5, 5.41) is 18.6. The summed E-state index contributed by atoms with van der Waals surface area (Å²) in [5.74, 6) is -1.66. The van der Waals surface area contributed by atoms with E-state index in [0.717, 1.165) is 31.3 Å². The summed E-state index contributed by atoms with van der Waals surface area (Å²) in [7, 11) is 0. The lowest BCUT2D eigenvalue weighted by molar-refractivity contribution is -0.145. The van der Waals surface area contributed by atoms with Crippen LogP contribution in [-0.2, 0) is 9.59 Å². The molecule has 0 aromatic heterocycles. The lowest BCUT2D eigenvalue weighted by Gasteiger charge is -2.31. The first-order chi connectivity index (χ1) is 8.94. The van der Waals surface area contributed by atoms with Crippen molar-refractivity contribution in [1.29, 1.82) is 0 Å². The molecule has 104 valence electrons. The normalized spacial score (nSPS) is 28.5. The van der Waals surface area contributed by atoms with Gasteiger partial charge in [-0.1, -0.05) is 31.4 Å². The number of carboxylic acid groups (broad SMARTS) is 2. The van der Waals surface area contributed by atoms with Crippen LogP contribution in [0.25, 0.3) is 0 Å². The molecular weight excluding hydrogens is 244 g/mol. The largest absolute Gasteiger partial charge is 0.481 e. The van der Waals surface area contributed by atoms with Crippen LogP contribution in [0.3, 0.4) is 0 Å². The average molecular weight is 264 g/mol. The highest BCUT2D eigenvalue weighted by Crippen LogP contribution is 2.40. The maximum Gasteiger partial charge on any atom is 0.331 e. The molecule has 4 nitrogen and oxygen atoms in total. The molecule has 0 radical (unpaired) electrons. The fraction of sp³-hybridized carbons (Fsp3) is 0.600. The zero-order chi connectivity index (χ0) is 14.0.